The molecule has 2 heterocycles. The lowest BCUT2D eigenvalue weighted by atomic mass is 10.1. The molecule has 150 valence electrons. The van der Waals surface area contributed by atoms with Gasteiger partial charge in [-0.25, -0.2) is 4.79 Å². The summed E-state index contributed by atoms with van der Waals surface area (Å²) < 4.78 is 6.36. The quantitative estimate of drug-likeness (QED) is 0.648. The Hall–Kier alpha value is -3.00. The van der Waals surface area contributed by atoms with Crippen molar-refractivity contribution in [1.82, 2.24) is 9.78 Å². The molecule has 2 aromatic heterocycles. The molecule has 0 aliphatic heterocycles. The number of nitrogens with zero attached hydrogens (tertiary/aromatic N) is 2. The Kier molecular flexibility index (Phi) is 4.96. The maximum absolute atomic E-state index is 13.3. The van der Waals surface area contributed by atoms with Crippen LogP contribution in [0.4, 0.5) is 5.00 Å². The monoisotopic (exact) mass is 411 g/mol. The normalized spacial score (nSPS) is 13.5. The van der Waals surface area contributed by atoms with Crippen molar-refractivity contribution in [2.75, 3.05) is 11.9 Å². The topological polar surface area (TPSA) is 90.3 Å². The molecular formula is C21H21N3O4S. The zero-order valence-corrected chi connectivity index (χ0v) is 17.3. The molecule has 29 heavy (non-hydrogen) atoms. The van der Waals surface area contributed by atoms with Crippen LogP contribution in [-0.4, -0.2) is 28.3 Å². The molecule has 1 saturated carbocycles. The minimum absolute atomic E-state index is 0.000452. The number of nitrogens with one attached hydrogen (secondary N) is 1. The minimum atomic E-state index is -0.604. The second-order valence-electron chi connectivity index (χ2n) is 7.17. The molecular weight excluding hydrogens is 390 g/mol. The Morgan fingerprint density at radius 1 is 1.28 bits per heavy atom. The lowest BCUT2D eigenvalue weighted by Crippen LogP contribution is -2.26. The van der Waals surface area contributed by atoms with Crippen molar-refractivity contribution >= 4 is 39.0 Å². The lowest BCUT2D eigenvalue weighted by molar-refractivity contribution is -0.117. The number of hydrogen-bond acceptors (Lipinski definition) is 6. The lowest BCUT2D eigenvalue weighted by Gasteiger charge is -2.11. The molecule has 1 N–H and O–H groups in total. The fourth-order valence-corrected chi connectivity index (χ4v) is 4.02. The third kappa shape index (κ3) is 3.55. The van der Waals surface area contributed by atoms with Gasteiger partial charge in [-0.1, -0.05) is 6.07 Å². The molecule has 3 aromatic rings. The first-order chi connectivity index (χ1) is 13.9. The van der Waals surface area contributed by atoms with E-state index in [4.69, 9.17) is 4.74 Å². The van der Waals surface area contributed by atoms with Crippen molar-refractivity contribution in [3.8, 4) is 5.69 Å². The van der Waals surface area contributed by atoms with Gasteiger partial charge < -0.3 is 10.1 Å². The Morgan fingerprint density at radius 3 is 2.69 bits per heavy atom. The van der Waals surface area contributed by atoms with Crippen LogP contribution in [0.25, 0.3) is 16.5 Å². The summed E-state index contributed by atoms with van der Waals surface area (Å²) in [5, 5.41) is 9.95. The zero-order chi connectivity index (χ0) is 20.7. The van der Waals surface area contributed by atoms with Crippen LogP contribution in [0.2, 0.25) is 0 Å². The highest BCUT2D eigenvalue weighted by atomic mass is 32.1. The molecule has 0 unspecified atom stereocenters. The van der Waals surface area contributed by atoms with Gasteiger partial charge in [-0.05, 0) is 56.9 Å². The van der Waals surface area contributed by atoms with Crippen molar-refractivity contribution in [2.45, 2.75) is 33.6 Å². The molecule has 1 aliphatic carbocycles. The van der Waals surface area contributed by atoms with Crippen LogP contribution in [-0.2, 0) is 9.53 Å². The highest BCUT2D eigenvalue weighted by molar-refractivity contribution is 7.16. The number of amides is 1. The van der Waals surface area contributed by atoms with Crippen molar-refractivity contribution in [3.05, 3.63) is 50.8 Å². The summed E-state index contributed by atoms with van der Waals surface area (Å²) in [6.45, 7) is 5.83. The van der Waals surface area contributed by atoms with Crippen LogP contribution < -0.4 is 10.9 Å². The smallest absolute Gasteiger partial charge is 0.359 e. The largest absolute Gasteiger partial charge is 0.461 e. The van der Waals surface area contributed by atoms with E-state index in [0.29, 0.717) is 16.1 Å². The van der Waals surface area contributed by atoms with Crippen LogP contribution in [0.5, 0.6) is 0 Å². The molecule has 8 heteroatoms. The summed E-state index contributed by atoms with van der Waals surface area (Å²) in [5.41, 5.74) is 2.31. The number of aromatic nitrogens is 2. The van der Waals surface area contributed by atoms with Crippen molar-refractivity contribution in [2.24, 2.45) is 5.92 Å². The molecule has 1 aliphatic rings. The molecule has 0 atom stereocenters. The van der Waals surface area contributed by atoms with E-state index >= 15 is 0 Å². The van der Waals surface area contributed by atoms with Crippen molar-refractivity contribution < 1.29 is 14.3 Å². The number of carbonyl (C=O) groups is 2. The van der Waals surface area contributed by atoms with E-state index in [1.165, 1.54) is 16.0 Å². The molecule has 0 saturated heterocycles. The van der Waals surface area contributed by atoms with Gasteiger partial charge in [0.2, 0.25) is 5.91 Å². The number of carbonyl (C=O) groups excluding carboxylic acids is 2. The zero-order valence-electron chi connectivity index (χ0n) is 16.4. The van der Waals surface area contributed by atoms with Gasteiger partial charge in [0.1, 0.15) is 5.00 Å². The van der Waals surface area contributed by atoms with Crippen LogP contribution in [0.3, 0.4) is 0 Å². The number of esters is 1. The summed E-state index contributed by atoms with van der Waals surface area (Å²) in [5.74, 6) is -0.700. The van der Waals surface area contributed by atoms with Crippen LogP contribution >= 0.6 is 11.3 Å². The van der Waals surface area contributed by atoms with Gasteiger partial charge in [0.05, 0.1) is 17.7 Å². The fourth-order valence-electron chi connectivity index (χ4n) is 3.08. The molecule has 0 spiro atoms. The van der Waals surface area contributed by atoms with E-state index in [0.717, 1.165) is 24.0 Å². The minimum Gasteiger partial charge on any atom is -0.461 e. The van der Waals surface area contributed by atoms with Gasteiger partial charge in [-0.2, -0.15) is 9.78 Å². The third-order valence-electron chi connectivity index (χ3n) is 5.04. The number of thiophene rings is 1. The third-order valence-corrected chi connectivity index (χ3v) is 5.94. The summed E-state index contributed by atoms with van der Waals surface area (Å²) in [4.78, 5) is 38.1. The Bertz CT molecular complexity index is 1190. The molecule has 0 bridgehead atoms. The van der Waals surface area contributed by atoms with Gasteiger partial charge in [0, 0.05) is 16.7 Å². The van der Waals surface area contributed by atoms with Crippen LogP contribution in [0.1, 0.15) is 41.4 Å². The standard InChI is InChI=1S/C21H21N3O4S/c1-4-28-21(27)17-15-10-29-19(22-18(25)13-6-7-13)16(15)20(26)24(23-17)14-8-5-11(2)12(3)9-14/h5,8-10,13H,4,6-7H2,1-3H3,(H,22,25). The Balaban J connectivity index is 1.93. The Labute approximate surface area is 171 Å². The van der Waals surface area contributed by atoms with Crippen LogP contribution in [0, 0.1) is 19.8 Å². The average molecular weight is 411 g/mol. The maximum Gasteiger partial charge on any atom is 0.359 e. The number of fused-ring (bicyclic) bond motifs is 1. The van der Waals surface area contributed by atoms with Gasteiger partial charge >= 0.3 is 5.97 Å². The van der Waals surface area contributed by atoms with Gasteiger partial charge in [0.15, 0.2) is 5.69 Å². The second kappa shape index (κ2) is 7.44. The van der Waals surface area contributed by atoms with Gasteiger partial charge in [0.25, 0.3) is 5.56 Å². The van der Waals surface area contributed by atoms with E-state index in [1.54, 1.807) is 18.4 Å². The van der Waals surface area contributed by atoms with Gasteiger partial charge in [-0.15, -0.1) is 11.3 Å². The average Bonchev–Trinajstić information content (AvgIpc) is 3.46. The fraction of sp³-hybridized carbons (Fsp3) is 0.333. The summed E-state index contributed by atoms with van der Waals surface area (Å²) in [6, 6.07) is 5.53. The van der Waals surface area contributed by atoms with E-state index in [-0.39, 0.29) is 35.1 Å². The van der Waals surface area contributed by atoms with E-state index in [1.807, 2.05) is 26.0 Å². The molecule has 4 rings (SSSR count). The van der Waals surface area contributed by atoms with E-state index in [2.05, 4.69) is 10.4 Å². The first-order valence-electron chi connectivity index (χ1n) is 9.50. The van der Waals surface area contributed by atoms with Crippen LogP contribution in [0.15, 0.2) is 28.4 Å². The number of anilines is 1. The van der Waals surface area contributed by atoms with E-state index in [9.17, 15) is 14.4 Å². The summed E-state index contributed by atoms with van der Waals surface area (Å²) in [7, 11) is 0. The first-order valence-corrected chi connectivity index (χ1v) is 10.4. The molecule has 1 aromatic carbocycles. The number of hydrogen-bond donors (Lipinski definition) is 1. The van der Waals surface area contributed by atoms with E-state index < -0.39 is 5.97 Å². The highest BCUT2D eigenvalue weighted by Crippen LogP contribution is 2.34. The molecule has 1 fully saturated rings. The first kappa shape index (κ1) is 19.3. The summed E-state index contributed by atoms with van der Waals surface area (Å²) >= 11 is 1.22. The Morgan fingerprint density at radius 2 is 2.03 bits per heavy atom. The van der Waals surface area contributed by atoms with Gasteiger partial charge in [-0.3, -0.25) is 9.59 Å². The number of aryl methyl sites for hydroxylation is 2. The van der Waals surface area contributed by atoms with Crippen molar-refractivity contribution in [1.29, 1.82) is 0 Å². The number of rotatable bonds is 5. The SMILES string of the molecule is CCOC(=O)c1nn(-c2ccc(C)c(C)c2)c(=O)c2c(NC(=O)C3CC3)scc12. The molecule has 7 nitrogen and oxygen atoms in total. The number of benzene rings is 1. The highest BCUT2D eigenvalue weighted by Gasteiger charge is 2.31. The predicted octanol–water partition coefficient (Wildman–Crippen LogP) is 3.59. The predicted molar refractivity (Wildman–Crippen MR) is 112 cm³/mol. The molecule has 0 radical (unpaired) electrons. The molecule has 1 amide bonds. The maximum atomic E-state index is 13.3. The van der Waals surface area contributed by atoms with Crippen molar-refractivity contribution in [3.63, 3.8) is 0 Å². The summed E-state index contributed by atoms with van der Waals surface area (Å²) in [6.07, 6.45) is 1.72. The second-order valence-corrected chi connectivity index (χ2v) is 8.05. The number of ether oxygens (including phenoxy) is 1.